The molecule has 32 heavy (non-hydrogen) atoms. The van der Waals surface area contributed by atoms with Gasteiger partial charge in [-0.15, -0.1) is 0 Å². The molecule has 0 unspecified atom stereocenters. The summed E-state index contributed by atoms with van der Waals surface area (Å²) in [4.78, 5) is 0. The van der Waals surface area contributed by atoms with Gasteiger partial charge in [0.25, 0.3) is 0 Å². The summed E-state index contributed by atoms with van der Waals surface area (Å²) in [5.41, 5.74) is 9.89. The van der Waals surface area contributed by atoms with Gasteiger partial charge in [-0.25, -0.2) is 0 Å². The van der Waals surface area contributed by atoms with Crippen molar-refractivity contribution in [2.24, 2.45) is 0 Å². The van der Waals surface area contributed by atoms with Gasteiger partial charge in [0.2, 0.25) is 0 Å². The molecule has 0 saturated heterocycles. The molecule has 1 nitrogen and oxygen atoms in total. The van der Waals surface area contributed by atoms with Gasteiger partial charge in [-0.1, -0.05) is 97.1 Å². The Labute approximate surface area is 188 Å². The zero-order valence-corrected chi connectivity index (χ0v) is 18.0. The quantitative estimate of drug-likeness (QED) is 0.276. The standard InChI is InChI=1S/C31H23N/c1-22-19-26(25-17-15-24(16-18-25)23-9-3-2-4-10-23)21-27(20-22)32-30-13-7-5-11-28(30)29-12-6-8-14-31(29)32/h2-21H,1H3. The molecular formula is C31H23N. The summed E-state index contributed by atoms with van der Waals surface area (Å²) < 4.78 is 2.39. The Hall–Kier alpha value is -4.10. The molecule has 0 saturated carbocycles. The first-order valence-corrected chi connectivity index (χ1v) is 11.0. The summed E-state index contributed by atoms with van der Waals surface area (Å²) in [6, 6.07) is 43.6. The van der Waals surface area contributed by atoms with Gasteiger partial charge in [0, 0.05) is 16.5 Å². The van der Waals surface area contributed by atoms with Gasteiger partial charge in [0.15, 0.2) is 0 Å². The van der Waals surface area contributed by atoms with Crippen LogP contribution in [0.4, 0.5) is 0 Å². The van der Waals surface area contributed by atoms with Crippen molar-refractivity contribution in [3.63, 3.8) is 0 Å². The Morgan fingerprint density at radius 3 is 1.56 bits per heavy atom. The van der Waals surface area contributed by atoms with Crippen LogP contribution in [0.3, 0.4) is 0 Å². The molecule has 0 aliphatic heterocycles. The van der Waals surface area contributed by atoms with Crippen LogP contribution in [-0.2, 0) is 0 Å². The average molecular weight is 410 g/mol. The second-order valence-electron chi connectivity index (χ2n) is 8.37. The van der Waals surface area contributed by atoms with Crippen molar-refractivity contribution in [1.82, 2.24) is 4.57 Å². The van der Waals surface area contributed by atoms with Gasteiger partial charge in [-0.2, -0.15) is 0 Å². The zero-order chi connectivity index (χ0) is 21.5. The lowest BCUT2D eigenvalue weighted by atomic mass is 9.99. The van der Waals surface area contributed by atoms with Crippen LogP contribution in [0.1, 0.15) is 5.56 Å². The van der Waals surface area contributed by atoms with E-state index in [4.69, 9.17) is 0 Å². The summed E-state index contributed by atoms with van der Waals surface area (Å²) >= 11 is 0. The summed E-state index contributed by atoms with van der Waals surface area (Å²) in [7, 11) is 0. The molecule has 0 fully saturated rings. The van der Waals surface area contributed by atoms with Crippen LogP contribution < -0.4 is 0 Å². The highest BCUT2D eigenvalue weighted by Crippen LogP contribution is 2.34. The molecule has 0 bridgehead atoms. The summed E-state index contributed by atoms with van der Waals surface area (Å²) in [6.45, 7) is 2.18. The van der Waals surface area contributed by atoms with E-state index in [1.54, 1.807) is 0 Å². The number of nitrogens with zero attached hydrogens (tertiary/aromatic N) is 1. The van der Waals surface area contributed by atoms with E-state index in [0.29, 0.717) is 0 Å². The molecule has 1 heteroatoms. The SMILES string of the molecule is Cc1cc(-c2ccc(-c3ccccc3)cc2)cc(-n2c3ccccc3c3ccccc32)c1. The Kier molecular flexibility index (Phi) is 4.40. The highest BCUT2D eigenvalue weighted by molar-refractivity contribution is 6.09. The predicted molar refractivity (Wildman–Crippen MR) is 136 cm³/mol. The minimum Gasteiger partial charge on any atom is -0.309 e. The highest BCUT2D eigenvalue weighted by atomic mass is 15.0. The molecule has 0 radical (unpaired) electrons. The largest absolute Gasteiger partial charge is 0.309 e. The fourth-order valence-corrected chi connectivity index (χ4v) is 4.75. The Morgan fingerprint density at radius 1 is 0.438 bits per heavy atom. The summed E-state index contributed by atoms with van der Waals surface area (Å²) in [5, 5.41) is 2.58. The number of para-hydroxylation sites is 2. The number of fused-ring (bicyclic) bond motifs is 3. The van der Waals surface area contributed by atoms with E-state index in [9.17, 15) is 0 Å². The number of rotatable bonds is 3. The number of hydrogen-bond donors (Lipinski definition) is 0. The predicted octanol–water partition coefficient (Wildman–Crippen LogP) is 8.43. The molecule has 0 aliphatic rings. The van der Waals surface area contributed by atoms with Gasteiger partial charge < -0.3 is 4.57 Å². The summed E-state index contributed by atoms with van der Waals surface area (Å²) in [6.07, 6.45) is 0. The number of hydrogen-bond acceptors (Lipinski definition) is 0. The van der Waals surface area contributed by atoms with Crippen molar-refractivity contribution in [3.05, 3.63) is 127 Å². The van der Waals surface area contributed by atoms with Crippen LogP contribution in [0.25, 0.3) is 49.7 Å². The first-order chi connectivity index (χ1) is 15.8. The third kappa shape index (κ3) is 3.11. The highest BCUT2D eigenvalue weighted by Gasteiger charge is 2.12. The van der Waals surface area contributed by atoms with Gasteiger partial charge >= 0.3 is 0 Å². The van der Waals surface area contributed by atoms with Crippen molar-refractivity contribution >= 4 is 21.8 Å². The summed E-state index contributed by atoms with van der Waals surface area (Å²) in [5.74, 6) is 0. The lowest BCUT2D eigenvalue weighted by Crippen LogP contribution is -1.95. The zero-order valence-electron chi connectivity index (χ0n) is 18.0. The van der Waals surface area contributed by atoms with Gasteiger partial charge in [-0.3, -0.25) is 0 Å². The minimum absolute atomic E-state index is 1.20. The molecule has 0 N–H and O–H groups in total. The Morgan fingerprint density at radius 2 is 0.938 bits per heavy atom. The second kappa shape index (κ2) is 7.55. The normalized spacial score (nSPS) is 11.3. The van der Waals surface area contributed by atoms with Crippen molar-refractivity contribution in [2.45, 2.75) is 6.92 Å². The van der Waals surface area contributed by atoms with Crippen molar-refractivity contribution in [1.29, 1.82) is 0 Å². The van der Waals surface area contributed by atoms with Gasteiger partial charge in [0.1, 0.15) is 0 Å². The first kappa shape index (κ1) is 18.7. The average Bonchev–Trinajstić information content (AvgIpc) is 3.19. The van der Waals surface area contributed by atoms with Crippen LogP contribution in [-0.4, -0.2) is 4.57 Å². The van der Waals surface area contributed by atoms with Gasteiger partial charge in [0.05, 0.1) is 11.0 Å². The van der Waals surface area contributed by atoms with E-state index in [1.165, 1.54) is 55.3 Å². The fraction of sp³-hybridized carbons (Fsp3) is 0.0323. The van der Waals surface area contributed by atoms with Crippen LogP contribution >= 0.6 is 0 Å². The molecule has 0 aliphatic carbocycles. The topological polar surface area (TPSA) is 4.93 Å². The monoisotopic (exact) mass is 409 g/mol. The van der Waals surface area contributed by atoms with E-state index in [1.807, 2.05) is 0 Å². The minimum atomic E-state index is 1.20. The maximum Gasteiger partial charge on any atom is 0.0541 e. The van der Waals surface area contributed by atoms with Crippen molar-refractivity contribution in [3.8, 4) is 27.9 Å². The second-order valence-corrected chi connectivity index (χ2v) is 8.37. The molecule has 5 aromatic carbocycles. The smallest absolute Gasteiger partial charge is 0.0541 e. The third-order valence-electron chi connectivity index (χ3n) is 6.23. The van der Waals surface area contributed by atoms with Crippen LogP contribution in [0.15, 0.2) is 121 Å². The molecular weight excluding hydrogens is 386 g/mol. The molecule has 0 atom stereocenters. The Balaban J connectivity index is 1.50. The van der Waals surface area contributed by atoms with Crippen molar-refractivity contribution in [2.75, 3.05) is 0 Å². The molecule has 152 valence electrons. The number of aryl methyl sites for hydroxylation is 1. The maximum absolute atomic E-state index is 2.39. The molecule has 6 rings (SSSR count). The molecule has 0 amide bonds. The molecule has 6 aromatic rings. The maximum atomic E-state index is 2.39. The molecule has 1 heterocycles. The van der Waals surface area contributed by atoms with Crippen LogP contribution in [0, 0.1) is 6.92 Å². The van der Waals surface area contributed by atoms with Crippen LogP contribution in [0.2, 0.25) is 0 Å². The lowest BCUT2D eigenvalue weighted by molar-refractivity contribution is 1.17. The lowest BCUT2D eigenvalue weighted by Gasteiger charge is -2.12. The first-order valence-electron chi connectivity index (χ1n) is 11.0. The fourth-order valence-electron chi connectivity index (χ4n) is 4.75. The third-order valence-corrected chi connectivity index (χ3v) is 6.23. The molecule has 0 spiro atoms. The van der Waals surface area contributed by atoms with E-state index < -0.39 is 0 Å². The van der Waals surface area contributed by atoms with E-state index in [0.717, 1.165) is 0 Å². The van der Waals surface area contributed by atoms with Gasteiger partial charge in [-0.05, 0) is 59.0 Å². The molecule has 1 aromatic heterocycles. The van der Waals surface area contributed by atoms with E-state index >= 15 is 0 Å². The van der Waals surface area contributed by atoms with Crippen LogP contribution in [0.5, 0.6) is 0 Å². The number of benzene rings is 5. The Bertz CT molecular complexity index is 1500. The van der Waals surface area contributed by atoms with E-state index in [-0.39, 0.29) is 0 Å². The van der Waals surface area contributed by atoms with Crippen molar-refractivity contribution < 1.29 is 0 Å². The number of aromatic nitrogens is 1. The van der Waals surface area contributed by atoms with E-state index in [2.05, 4.69) is 133 Å².